The van der Waals surface area contributed by atoms with Gasteiger partial charge in [0, 0.05) is 23.1 Å². The summed E-state index contributed by atoms with van der Waals surface area (Å²) in [7, 11) is 0. The Morgan fingerprint density at radius 1 is 1.32 bits per heavy atom. The highest BCUT2D eigenvalue weighted by molar-refractivity contribution is 6.51. The first-order chi connectivity index (χ1) is 10.5. The van der Waals surface area contributed by atoms with E-state index < -0.39 is 17.5 Å². The molecule has 2 aliphatic rings. The second-order valence-electron chi connectivity index (χ2n) is 4.79. The van der Waals surface area contributed by atoms with Gasteiger partial charge in [0.05, 0.1) is 11.2 Å². The first kappa shape index (κ1) is 14.2. The molecule has 1 amide bonds. The second-order valence-corrected chi connectivity index (χ2v) is 5.20. The Kier molecular flexibility index (Phi) is 3.38. The molecule has 1 aromatic carbocycles. The molecule has 1 aromatic rings. The fraction of sp³-hybridized carbons (Fsp3) is 0.0667. The van der Waals surface area contributed by atoms with Crippen molar-refractivity contribution in [1.29, 1.82) is 0 Å². The van der Waals surface area contributed by atoms with Crippen LogP contribution in [0.15, 0.2) is 46.1 Å². The van der Waals surface area contributed by atoms with E-state index in [9.17, 15) is 19.5 Å². The monoisotopic (exact) mass is 316 g/mol. The molecule has 0 bridgehead atoms. The van der Waals surface area contributed by atoms with Crippen LogP contribution in [-0.2, 0) is 9.59 Å². The van der Waals surface area contributed by atoms with E-state index in [0.29, 0.717) is 17.6 Å². The third kappa shape index (κ3) is 2.56. The van der Waals surface area contributed by atoms with Crippen molar-refractivity contribution >= 4 is 35.3 Å². The number of hydrogen-bond donors (Lipinski definition) is 2. The number of nitrogens with zero attached hydrogens (tertiary/aromatic N) is 1. The Hall–Kier alpha value is -2.73. The fourth-order valence-corrected chi connectivity index (χ4v) is 2.24. The van der Waals surface area contributed by atoms with E-state index >= 15 is 0 Å². The maximum absolute atomic E-state index is 11.8. The predicted octanol–water partition coefficient (Wildman–Crippen LogP) is 1.54. The van der Waals surface area contributed by atoms with Crippen LogP contribution in [0.3, 0.4) is 0 Å². The maximum atomic E-state index is 11.8. The zero-order chi connectivity index (χ0) is 15.9. The quantitative estimate of drug-likeness (QED) is 0.382. The molecule has 0 saturated carbocycles. The number of Topliss-reactive ketones (excluding diaryl/α,β-unsaturated/α-hetero) is 1. The summed E-state index contributed by atoms with van der Waals surface area (Å²) < 4.78 is 0. The van der Waals surface area contributed by atoms with Gasteiger partial charge < -0.3 is 5.11 Å². The van der Waals surface area contributed by atoms with Crippen LogP contribution in [-0.4, -0.2) is 28.8 Å². The Labute approximate surface area is 129 Å². The number of rotatable bonds is 3. The molecular formula is C15H9ClN2O4. The molecule has 6 nitrogen and oxygen atoms in total. The summed E-state index contributed by atoms with van der Waals surface area (Å²) in [5.41, 5.74) is 4.36. The van der Waals surface area contributed by atoms with Crippen LogP contribution in [0, 0.1) is 0 Å². The van der Waals surface area contributed by atoms with Crippen molar-refractivity contribution in [3.8, 4) is 5.75 Å². The average Bonchev–Trinajstić information content (AvgIpc) is 3.28. The molecule has 0 saturated heterocycles. The van der Waals surface area contributed by atoms with Crippen LogP contribution < -0.4 is 5.43 Å². The molecule has 0 aromatic heterocycles. The fourth-order valence-electron chi connectivity index (χ4n) is 2.06. The zero-order valence-corrected chi connectivity index (χ0v) is 11.8. The molecule has 7 heteroatoms. The summed E-state index contributed by atoms with van der Waals surface area (Å²) in [6, 6.07) is 4.01. The number of halogens is 1. The second kappa shape index (κ2) is 5.23. The number of carbonyl (C=O) groups is 3. The number of aromatic hydroxyl groups is 1. The topological polar surface area (TPSA) is 95.8 Å². The lowest BCUT2D eigenvalue weighted by Crippen LogP contribution is -2.18. The first-order valence-electron chi connectivity index (χ1n) is 6.32. The number of nitrogens with one attached hydrogen (secondary N) is 1. The molecule has 22 heavy (non-hydrogen) atoms. The number of benzene rings is 1. The van der Waals surface area contributed by atoms with Gasteiger partial charge in [-0.15, -0.1) is 0 Å². The van der Waals surface area contributed by atoms with Crippen LogP contribution in [0.5, 0.6) is 5.75 Å². The molecule has 2 N–H and O–H groups in total. The lowest BCUT2D eigenvalue weighted by molar-refractivity contribution is -0.131. The van der Waals surface area contributed by atoms with Gasteiger partial charge in [-0.1, -0.05) is 11.6 Å². The predicted molar refractivity (Wildman–Crippen MR) is 78.8 cm³/mol. The van der Waals surface area contributed by atoms with Gasteiger partial charge in [0.2, 0.25) is 11.6 Å². The van der Waals surface area contributed by atoms with Crippen molar-refractivity contribution in [2.24, 2.45) is 5.10 Å². The van der Waals surface area contributed by atoms with Crippen LogP contribution in [0.4, 0.5) is 0 Å². The van der Waals surface area contributed by atoms with E-state index in [-0.39, 0.29) is 16.3 Å². The molecule has 0 unspecified atom stereocenters. The number of phenols is 1. The van der Waals surface area contributed by atoms with Gasteiger partial charge in [-0.25, -0.2) is 5.43 Å². The van der Waals surface area contributed by atoms with Gasteiger partial charge in [-0.2, -0.15) is 5.10 Å². The molecular weight excluding hydrogens is 308 g/mol. The smallest absolute Gasteiger partial charge is 0.271 e. The first-order valence-corrected chi connectivity index (χ1v) is 6.70. The van der Waals surface area contributed by atoms with Gasteiger partial charge >= 0.3 is 0 Å². The van der Waals surface area contributed by atoms with E-state index in [1.165, 1.54) is 30.5 Å². The van der Waals surface area contributed by atoms with Crippen LogP contribution in [0.2, 0.25) is 5.02 Å². The van der Waals surface area contributed by atoms with Gasteiger partial charge in [0.15, 0.2) is 0 Å². The normalized spacial score (nSPS) is 16.7. The number of hydrogen-bond acceptors (Lipinski definition) is 5. The summed E-state index contributed by atoms with van der Waals surface area (Å²) in [5.74, 6) is -1.67. The number of ketones is 2. The van der Waals surface area contributed by atoms with Crippen molar-refractivity contribution in [2.75, 3.05) is 0 Å². The van der Waals surface area contributed by atoms with Gasteiger partial charge in [0.25, 0.3) is 5.91 Å². The van der Waals surface area contributed by atoms with E-state index in [4.69, 9.17) is 11.6 Å². The summed E-state index contributed by atoms with van der Waals surface area (Å²) in [6.07, 6.45) is 3.03. The van der Waals surface area contributed by atoms with Crippen LogP contribution in [0.25, 0.3) is 0 Å². The van der Waals surface area contributed by atoms with Crippen molar-refractivity contribution < 1.29 is 19.5 Å². The minimum Gasteiger partial charge on any atom is -0.506 e. The Morgan fingerprint density at radius 2 is 2.09 bits per heavy atom. The SMILES string of the molecule is O=C1C=C(C=NNC(=O)c2ccc(O)c(Cl)c2)C2=C(C2)C1=O. The molecule has 0 heterocycles. The van der Waals surface area contributed by atoms with Crippen molar-refractivity contribution in [1.82, 2.24) is 5.43 Å². The highest BCUT2D eigenvalue weighted by Crippen LogP contribution is 2.39. The Morgan fingerprint density at radius 3 is 2.82 bits per heavy atom. The lowest BCUT2D eigenvalue weighted by Gasteiger charge is -2.02. The molecule has 0 atom stereocenters. The number of phenolic OH excluding ortho intramolecular Hbond substituents is 1. The third-order valence-corrected chi connectivity index (χ3v) is 3.61. The van der Waals surface area contributed by atoms with E-state index in [1.54, 1.807) is 0 Å². The van der Waals surface area contributed by atoms with E-state index in [0.717, 1.165) is 5.57 Å². The van der Waals surface area contributed by atoms with Gasteiger partial charge in [-0.3, -0.25) is 14.4 Å². The molecule has 2 aliphatic carbocycles. The maximum Gasteiger partial charge on any atom is 0.271 e. The minimum atomic E-state index is -0.575. The van der Waals surface area contributed by atoms with Crippen molar-refractivity contribution in [3.63, 3.8) is 0 Å². The number of allylic oxidation sites excluding steroid dienone is 4. The van der Waals surface area contributed by atoms with Crippen molar-refractivity contribution in [3.05, 3.63) is 51.6 Å². The summed E-state index contributed by atoms with van der Waals surface area (Å²) in [5, 5.41) is 13.1. The highest BCUT2D eigenvalue weighted by atomic mass is 35.5. The van der Waals surface area contributed by atoms with Crippen LogP contribution >= 0.6 is 11.6 Å². The Balaban J connectivity index is 1.68. The molecule has 110 valence electrons. The van der Waals surface area contributed by atoms with E-state index in [2.05, 4.69) is 10.5 Å². The summed E-state index contributed by atoms with van der Waals surface area (Å²) in [4.78, 5) is 34.6. The molecule has 0 aliphatic heterocycles. The largest absolute Gasteiger partial charge is 0.506 e. The minimum absolute atomic E-state index is 0.0588. The van der Waals surface area contributed by atoms with Crippen LogP contribution in [0.1, 0.15) is 16.8 Å². The molecule has 0 radical (unpaired) electrons. The van der Waals surface area contributed by atoms with Gasteiger partial charge in [0.1, 0.15) is 5.75 Å². The summed E-state index contributed by atoms with van der Waals surface area (Å²) >= 11 is 5.71. The Bertz CT molecular complexity index is 821. The lowest BCUT2D eigenvalue weighted by atomic mass is 10.1. The molecule has 3 rings (SSSR count). The standard InChI is InChI=1S/C15H9ClN2O4/c16-11-3-7(1-2-12(11)19)15(22)18-17-6-8-4-13(20)14(21)10-5-9(8)10/h1-4,6,19H,5H2,(H,18,22). The molecule has 0 spiro atoms. The zero-order valence-electron chi connectivity index (χ0n) is 11.1. The average molecular weight is 317 g/mol. The van der Waals surface area contributed by atoms with Gasteiger partial charge in [-0.05, 0) is 29.8 Å². The van der Waals surface area contributed by atoms with Crippen molar-refractivity contribution in [2.45, 2.75) is 6.42 Å². The molecule has 0 fully saturated rings. The highest BCUT2D eigenvalue weighted by Gasteiger charge is 2.37. The number of amides is 1. The van der Waals surface area contributed by atoms with E-state index in [1.807, 2.05) is 0 Å². The number of hydrazone groups is 1. The third-order valence-electron chi connectivity index (χ3n) is 3.31. The summed E-state index contributed by atoms with van der Waals surface area (Å²) in [6.45, 7) is 0. The number of carbonyl (C=O) groups excluding carboxylic acids is 3.